The first-order valence-electron chi connectivity index (χ1n) is 10.3. The highest BCUT2D eigenvalue weighted by atomic mass is 16.5. The fourth-order valence-electron chi connectivity index (χ4n) is 3.97. The molecule has 0 spiro atoms. The molecule has 1 N–H and O–H groups in total. The number of amides is 1. The molecule has 1 fully saturated rings. The highest BCUT2D eigenvalue weighted by Crippen LogP contribution is 2.47. The zero-order valence-electron chi connectivity index (χ0n) is 19.3. The molecule has 30 heavy (non-hydrogen) atoms. The summed E-state index contributed by atoms with van der Waals surface area (Å²) in [4.78, 5) is 25.8. The van der Waals surface area contributed by atoms with Crippen molar-refractivity contribution in [2.45, 2.75) is 72.2 Å². The van der Waals surface area contributed by atoms with E-state index >= 15 is 0 Å². The molecule has 0 aromatic heterocycles. The SMILES string of the molecule is COc1ccc([C@@H]2CN(C(=O)[C@@H](C)OC(C)=O)C[C@@]2(C)[C@@H](C)O)cc1OC(C)(C)C. The summed E-state index contributed by atoms with van der Waals surface area (Å²) >= 11 is 0. The van der Waals surface area contributed by atoms with Gasteiger partial charge in [0, 0.05) is 31.3 Å². The lowest BCUT2D eigenvalue weighted by molar-refractivity contribution is -0.157. The van der Waals surface area contributed by atoms with Gasteiger partial charge in [-0.25, -0.2) is 0 Å². The molecule has 0 aliphatic carbocycles. The number of methoxy groups -OCH3 is 1. The number of rotatable bonds is 6. The van der Waals surface area contributed by atoms with Crippen molar-refractivity contribution in [1.29, 1.82) is 0 Å². The van der Waals surface area contributed by atoms with Crippen LogP contribution in [0.25, 0.3) is 0 Å². The minimum absolute atomic E-state index is 0.126. The second-order valence-corrected chi connectivity index (χ2v) is 9.33. The molecule has 4 atom stereocenters. The van der Waals surface area contributed by atoms with Gasteiger partial charge in [0.15, 0.2) is 17.6 Å². The molecule has 0 saturated carbocycles. The van der Waals surface area contributed by atoms with Crippen LogP contribution in [0.2, 0.25) is 0 Å². The van der Waals surface area contributed by atoms with Crippen LogP contribution < -0.4 is 9.47 Å². The summed E-state index contributed by atoms with van der Waals surface area (Å²) in [5.74, 6) is 0.359. The Kier molecular flexibility index (Phi) is 7.07. The van der Waals surface area contributed by atoms with Gasteiger partial charge in [-0.3, -0.25) is 9.59 Å². The molecule has 0 bridgehead atoms. The van der Waals surface area contributed by atoms with Gasteiger partial charge in [0.05, 0.1) is 13.2 Å². The van der Waals surface area contributed by atoms with Gasteiger partial charge in [0.2, 0.25) is 0 Å². The predicted octanol–water partition coefficient (Wildman–Crippen LogP) is 3.14. The summed E-state index contributed by atoms with van der Waals surface area (Å²) in [5, 5.41) is 10.6. The summed E-state index contributed by atoms with van der Waals surface area (Å²) < 4.78 is 16.6. The lowest BCUT2D eigenvalue weighted by Crippen LogP contribution is -2.41. The van der Waals surface area contributed by atoms with E-state index in [0.29, 0.717) is 24.6 Å². The second-order valence-electron chi connectivity index (χ2n) is 9.33. The molecule has 7 heteroatoms. The van der Waals surface area contributed by atoms with E-state index < -0.39 is 29.2 Å². The van der Waals surface area contributed by atoms with Gasteiger partial charge in [-0.2, -0.15) is 0 Å². The molecular formula is C23H35NO6. The van der Waals surface area contributed by atoms with Crippen molar-refractivity contribution in [1.82, 2.24) is 4.90 Å². The van der Waals surface area contributed by atoms with Crippen LogP contribution in [-0.2, 0) is 14.3 Å². The predicted molar refractivity (Wildman–Crippen MR) is 114 cm³/mol. The number of nitrogens with zero attached hydrogens (tertiary/aromatic N) is 1. The van der Waals surface area contributed by atoms with Crippen LogP contribution in [0.15, 0.2) is 18.2 Å². The van der Waals surface area contributed by atoms with Gasteiger partial charge >= 0.3 is 5.97 Å². The minimum atomic E-state index is -0.866. The lowest BCUT2D eigenvalue weighted by atomic mass is 9.72. The maximum atomic E-state index is 12.8. The first-order valence-corrected chi connectivity index (χ1v) is 10.3. The van der Waals surface area contributed by atoms with E-state index in [-0.39, 0.29) is 11.8 Å². The molecule has 1 aromatic rings. The molecule has 0 radical (unpaired) electrons. The van der Waals surface area contributed by atoms with Crippen molar-refractivity contribution in [2.75, 3.05) is 20.2 Å². The maximum Gasteiger partial charge on any atom is 0.303 e. The molecule has 1 aromatic carbocycles. The van der Waals surface area contributed by atoms with Crippen molar-refractivity contribution < 1.29 is 28.9 Å². The molecule has 1 amide bonds. The largest absolute Gasteiger partial charge is 0.493 e. The molecule has 1 aliphatic rings. The van der Waals surface area contributed by atoms with Gasteiger partial charge in [-0.05, 0) is 52.3 Å². The fourth-order valence-corrected chi connectivity index (χ4v) is 3.97. The van der Waals surface area contributed by atoms with Crippen LogP contribution in [0.3, 0.4) is 0 Å². The van der Waals surface area contributed by atoms with E-state index in [4.69, 9.17) is 14.2 Å². The smallest absolute Gasteiger partial charge is 0.303 e. The minimum Gasteiger partial charge on any atom is -0.493 e. The van der Waals surface area contributed by atoms with Crippen LogP contribution in [0, 0.1) is 5.41 Å². The highest BCUT2D eigenvalue weighted by Gasteiger charge is 2.49. The van der Waals surface area contributed by atoms with Crippen molar-refractivity contribution in [2.24, 2.45) is 5.41 Å². The number of aliphatic hydroxyl groups is 1. The van der Waals surface area contributed by atoms with Crippen molar-refractivity contribution in [3.63, 3.8) is 0 Å². The number of hydrogen-bond donors (Lipinski definition) is 1. The number of likely N-dealkylation sites (tertiary alicyclic amines) is 1. The van der Waals surface area contributed by atoms with Crippen LogP contribution in [0.4, 0.5) is 0 Å². The van der Waals surface area contributed by atoms with Gasteiger partial charge in [0.1, 0.15) is 5.60 Å². The third-order valence-corrected chi connectivity index (χ3v) is 5.69. The Morgan fingerprint density at radius 2 is 1.87 bits per heavy atom. The first kappa shape index (κ1) is 24.0. The Hall–Kier alpha value is -2.28. The second kappa shape index (κ2) is 8.84. The van der Waals surface area contributed by atoms with E-state index in [1.807, 2.05) is 45.9 Å². The van der Waals surface area contributed by atoms with Crippen molar-refractivity contribution >= 4 is 11.9 Å². The number of benzene rings is 1. The maximum absolute atomic E-state index is 12.8. The van der Waals surface area contributed by atoms with Gasteiger partial charge in [-0.1, -0.05) is 13.0 Å². The average Bonchev–Trinajstić information content (AvgIpc) is 2.98. The molecule has 168 valence electrons. The summed E-state index contributed by atoms with van der Waals surface area (Å²) in [6.07, 6.45) is -1.52. The number of ether oxygens (including phenoxy) is 3. The Morgan fingerprint density at radius 3 is 2.37 bits per heavy atom. The monoisotopic (exact) mass is 421 g/mol. The number of carbonyl (C=O) groups excluding carboxylic acids is 2. The Labute approximate surface area is 179 Å². The lowest BCUT2D eigenvalue weighted by Gasteiger charge is -2.34. The third-order valence-electron chi connectivity index (χ3n) is 5.69. The van der Waals surface area contributed by atoms with Crippen LogP contribution in [0.1, 0.15) is 59.9 Å². The zero-order valence-corrected chi connectivity index (χ0v) is 19.3. The van der Waals surface area contributed by atoms with E-state index in [1.54, 1.807) is 25.9 Å². The average molecular weight is 422 g/mol. The van der Waals surface area contributed by atoms with Crippen LogP contribution in [0.5, 0.6) is 11.5 Å². The fraction of sp³-hybridized carbons (Fsp3) is 0.652. The Balaban J connectivity index is 2.39. The van der Waals surface area contributed by atoms with E-state index in [0.717, 1.165) is 5.56 Å². The highest BCUT2D eigenvalue weighted by molar-refractivity contribution is 5.83. The Morgan fingerprint density at radius 1 is 1.23 bits per heavy atom. The molecular weight excluding hydrogens is 386 g/mol. The third kappa shape index (κ3) is 5.25. The summed E-state index contributed by atoms with van der Waals surface area (Å²) in [6, 6.07) is 5.73. The van der Waals surface area contributed by atoms with Gasteiger partial charge in [-0.15, -0.1) is 0 Å². The van der Waals surface area contributed by atoms with E-state index in [1.165, 1.54) is 6.92 Å². The van der Waals surface area contributed by atoms with E-state index in [9.17, 15) is 14.7 Å². The zero-order chi connectivity index (χ0) is 22.9. The number of carbonyl (C=O) groups is 2. The quantitative estimate of drug-likeness (QED) is 0.711. The molecule has 1 aliphatic heterocycles. The molecule has 7 nitrogen and oxygen atoms in total. The summed E-state index contributed by atoms with van der Waals surface area (Å²) in [7, 11) is 1.59. The number of esters is 1. The van der Waals surface area contributed by atoms with Gasteiger partial charge in [0.25, 0.3) is 5.91 Å². The number of hydrogen-bond acceptors (Lipinski definition) is 6. The summed E-state index contributed by atoms with van der Waals surface area (Å²) in [5.41, 5.74) is -0.0237. The molecule has 1 heterocycles. The van der Waals surface area contributed by atoms with Crippen LogP contribution >= 0.6 is 0 Å². The normalized spacial score (nSPS) is 23.6. The standard InChI is InChI=1S/C23H35NO6/c1-14(29-16(3)26)21(27)24-12-18(23(7,13-24)15(2)25)17-9-10-19(28-8)20(11-17)30-22(4,5)6/h9-11,14-15,18,25H,12-13H2,1-8H3/t14-,15-,18+,23+/m1/s1. The van der Waals surface area contributed by atoms with Crippen molar-refractivity contribution in [3.05, 3.63) is 23.8 Å². The Bertz CT molecular complexity index is 784. The number of aliphatic hydroxyl groups excluding tert-OH is 1. The topological polar surface area (TPSA) is 85.3 Å². The van der Waals surface area contributed by atoms with Crippen molar-refractivity contribution in [3.8, 4) is 11.5 Å². The molecule has 1 saturated heterocycles. The summed E-state index contributed by atoms with van der Waals surface area (Å²) in [6.45, 7) is 13.2. The van der Waals surface area contributed by atoms with Crippen LogP contribution in [-0.4, -0.2) is 59.9 Å². The molecule has 0 unspecified atom stereocenters. The molecule has 2 rings (SSSR count). The van der Waals surface area contributed by atoms with E-state index in [2.05, 4.69) is 0 Å². The van der Waals surface area contributed by atoms with Gasteiger partial charge < -0.3 is 24.2 Å². The first-order chi connectivity index (χ1) is 13.8.